The molecule has 3 atom stereocenters. The van der Waals surface area contributed by atoms with E-state index < -0.39 is 45.8 Å². The second-order valence-corrected chi connectivity index (χ2v) is 12.1. The summed E-state index contributed by atoms with van der Waals surface area (Å²) in [6.45, 7) is 1.71. The van der Waals surface area contributed by atoms with Gasteiger partial charge in [0.25, 0.3) is 11.8 Å². The maximum absolute atomic E-state index is 13.6. The van der Waals surface area contributed by atoms with Crippen molar-refractivity contribution in [3.8, 4) is 0 Å². The lowest BCUT2D eigenvalue weighted by molar-refractivity contribution is 0.0778. The number of rotatable bonds is 12. The average Bonchev–Trinajstić information content (AvgIpc) is 3.49. The van der Waals surface area contributed by atoms with Crippen molar-refractivity contribution in [2.24, 2.45) is 0 Å². The molecule has 0 saturated carbocycles. The van der Waals surface area contributed by atoms with E-state index in [9.17, 15) is 27.5 Å². The van der Waals surface area contributed by atoms with Gasteiger partial charge < -0.3 is 15.7 Å². The highest BCUT2D eigenvalue weighted by molar-refractivity contribution is 7.92. The summed E-state index contributed by atoms with van der Waals surface area (Å²) in [7, 11) is -2.44. The number of tetrazole rings is 1. The molecule has 0 radical (unpaired) electrons. The normalized spacial score (nSPS) is 13.5. The van der Waals surface area contributed by atoms with Gasteiger partial charge in [0.15, 0.2) is 0 Å². The minimum atomic E-state index is -3.74. The number of nitrogens with zero attached hydrogens (tertiary/aromatic N) is 5. The molecule has 0 unspecified atom stereocenters. The number of halogens is 1. The molecule has 4 aromatic rings. The fraction of sp³-hybridized carbons (Fsp3) is 0.276. The van der Waals surface area contributed by atoms with Gasteiger partial charge in [-0.1, -0.05) is 42.5 Å². The lowest BCUT2D eigenvalue weighted by Gasteiger charge is -2.25. The van der Waals surface area contributed by atoms with Crippen molar-refractivity contribution in [3.63, 3.8) is 0 Å². The Morgan fingerprint density at radius 3 is 2.21 bits per heavy atom. The molecule has 0 aliphatic rings. The summed E-state index contributed by atoms with van der Waals surface area (Å²) >= 11 is 0. The van der Waals surface area contributed by atoms with E-state index in [-0.39, 0.29) is 29.8 Å². The van der Waals surface area contributed by atoms with Crippen molar-refractivity contribution in [1.82, 2.24) is 30.8 Å². The van der Waals surface area contributed by atoms with Crippen LogP contribution in [0.3, 0.4) is 0 Å². The number of benzene rings is 3. The fourth-order valence-corrected chi connectivity index (χ4v) is 4.84. The van der Waals surface area contributed by atoms with Gasteiger partial charge in [0.1, 0.15) is 12.1 Å². The Morgan fingerprint density at radius 1 is 1.00 bits per heavy atom. The first-order chi connectivity index (χ1) is 20.4. The number of hydrogen-bond donors (Lipinski definition) is 3. The molecule has 14 heteroatoms. The lowest BCUT2D eigenvalue weighted by atomic mass is 10.00. The quantitative estimate of drug-likeness (QED) is 0.220. The molecule has 3 N–H and O–H groups in total. The van der Waals surface area contributed by atoms with Crippen molar-refractivity contribution < 1.29 is 27.5 Å². The van der Waals surface area contributed by atoms with E-state index in [2.05, 4.69) is 26.2 Å². The molecule has 0 aliphatic carbocycles. The summed E-state index contributed by atoms with van der Waals surface area (Å²) < 4.78 is 40.4. The summed E-state index contributed by atoms with van der Waals surface area (Å²) in [5, 5.41) is 27.6. The summed E-state index contributed by atoms with van der Waals surface area (Å²) in [5.41, 5.74) is 1.62. The van der Waals surface area contributed by atoms with Crippen LogP contribution in [0, 0.1) is 5.82 Å². The van der Waals surface area contributed by atoms with E-state index in [0.29, 0.717) is 5.56 Å². The van der Waals surface area contributed by atoms with Crippen LogP contribution in [-0.2, 0) is 23.0 Å². The van der Waals surface area contributed by atoms with E-state index >= 15 is 0 Å². The predicted molar refractivity (Wildman–Crippen MR) is 157 cm³/mol. The largest absolute Gasteiger partial charge is 0.389 e. The van der Waals surface area contributed by atoms with Crippen LogP contribution < -0.4 is 14.9 Å². The predicted octanol–water partition coefficient (Wildman–Crippen LogP) is 2.10. The van der Waals surface area contributed by atoms with Crippen LogP contribution in [0.2, 0.25) is 0 Å². The van der Waals surface area contributed by atoms with Crippen molar-refractivity contribution in [2.75, 3.05) is 17.6 Å². The van der Waals surface area contributed by atoms with Crippen molar-refractivity contribution >= 4 is 27.5 Å². The standard InChI is InChI=1S/C29H32FN7O5S/c1-19(21-9-11-24(30)12-10-21)32-28(39)22-14-23(16-25(15-22)36(2)43(3,41)42)29(40)33-26(13-20-7-5-4-6-8-20)27(38)17-37-18-31-34-35-37/h4-12,14-16,18-19,26-27,38H,13,17H2,1-3H3,(H,32,39)(H,33,40)/t19-,26+,27+/m1/s1. The van der Waals surface area contributed by atoms with Crippen LogP contribution in [0.25, 0.3) is 0 Å². The second kappa shape index (κ2) is 13.5. The van der Waals surface area contributed by atoms with Gasteiger partial charge in [-0.25, -0.2) is 17.5 Å². The average molecular weight is 610 g/mol. The van der Waals surface area contributed by atoms with Gasteiger partial charge in [-0.2, -0.15) is 0 Å². The highest BCUT2D eigenvalue weighted by atomic mass is 32.2. The van der Waals surface area contributed by atoms with Gasteiger partial charge in [0.2, 0.25) is 10.0 Å². The number of aliphatic hydroxyl groups excluding tert-OH is 1. The molecular formula is C29H32FN7O5S. The van der Waals surface area contributed by atoms with Crippen LogP contribution in [0.15, 0.2) is 79.1 Å². The second-order valence-electron chi connectivity index (χ2n) is 10.1. The molecule has 12 nitrogen and oxygen atoms in total. The maximum Gasteiger partial charge on any atom is 0.251 e. The van der Waals surface area contributed by atoms with Crippen LogP contribution >= 0.6 is 0 Å². The van der Waals surface area contributed by atoms with E-state index in [0.717, 1.165) is 16.1 Å². The fourth-order valence-electron chi connectivity index (χ4n) is 4.35. The zero-order chi connectivity index (χ0) is 31.1. The van der Waals surface area contributed by atoms with E-state index in [4.69, 9.17) is 0 Å². The zero-order valence-corrected chi connectivity index (χ0v) is 24.6. The van der Waals surface area contributed by atoms with Gasteiger partial charge in [0, 0.05) is 18.2 Å². The number of anilines is 1. The van der Waals surface area contributed by atoms with Gasteiger partial charge in [-0.05, 0) is 65.2 Å². The van der Waals surface area contributed by atoms with Gasteiger partial charge in [0.05, 0.1) is 36.7 Å². The summed E-state index contributed by atoms with van der Waals surface area (Å²) in [6.07, 6.45) is 1.50. The van der Waals surface area contributed by atoms with E-state index in [1.165, 1.54) is 48.4 Å². The Kier molecular flexibility index (Phi) is 9.83. The zero-order valence-electron chi connectivity index (χ0n) is 23.8. The van der Waals surface area contributed by atoms with E-state index in [1.807, 2.05) is 30.3 Å². The molecule has 0 saturated heterocycles. The number of hydrogen-bond acceptors (Lipinski definition) is 8. The van der Waals surface area contributed by atoms with Gasteiger partial charge in [-0.15, -0.1) is 5.10 Å². The Labute approximate surface area is 248 Å². The number of sulfonamides is 1. The SMILES string of the molecule is C[C@@H](NC(=O)c1cc(C(=O)N[C@@H](Cc2ccccc2)[C@@H](O)Cn2cnnn2)cc(N(C)S(C)(=O)=O)c1)c1ccc(F)cc1. The number of amides is 2. The first-order valence-electron chi connectivity index (χ1n) is 13.3. The topological polar surface area (TPSA) is 159 Å². The molecule has 43 heavy (non-hydrogen) atoms. The third-order valence-corrected chi connectivity index (χ3v) is 8.07. The number of aliphatic hydroxyl groups is 1. The summed E-state index contributed by atoms with van der Waals surface area (Å²) in [5.74, 6) is -1.63. The van der Waals surface area contributed by atoms with Gasteiger partial charge >= 0.3 is 0 Å². The molecule has 2 amide bonds. The number of carbonyl (C=O) groups excluding carboxylic acids is 2. The molecule has 226 valence electrons. The molecular weight excluding hydrogens is 577 g/mol. The van der Waals surface area contributed by atoms with Crippen LogP contribution in [-0.4, -0.2) is 71.0 Å². The lowest BCUT2D eigenvalue weighted by Crippen LogP contribution is -2.46. The molecule has 0 aliphatic heterocycles. The van der Waals surface area contributed by atoms with Crippen LogP contribution in [0.4, 0.5) is 10.1 Å². The highest BCUT2D eigenvalue weighted by Gasteiger charge is 2.25. The summed E-state index contributed by atoms with van der Waals surface area (Å²) in [6, 6.07) is 17.6. The molecule has 0 fully saturated rings. The Bertz CT molecular complexity index is 1650. The van der Waals surface area contributed by atoms with Crippen molar-refractivity contribution in [1.29, 1.82) is 0 Å². The van der Waals surface area contributed by atoms with Gasteiger partial charge in [-0.3, -0.25) is 13.9 Å². The first-order valence-corrected chi connectivity index (χ1v) is 15.1. The molecule has 1 heterocycles. The Balaban J connectivity index is 1.63. The van der Waals surface area contributed by atoms with Crippen LogP contribution in [0.5, 0.6) is 0 Å². The van der Waals surface area contributed by atoms with Crippen molar-refractivity contribution in [3.05, 3.63) is 107 Å². The third-order valence-electron chi connectivity index (χ3n) is 6.87. The highest BCUT2D eigenvalue weighted by Crippen LogP contribution is 2.22. The van der Waals surface area contributed by atoms with E-state index in [1.54, 1.807) is 19.1 Å². The minimum Gasteiger partial charge on any atom is -0.389 e. The molecule has 1 aromatic heterocycles. The number of nitrogens with one attached hydrogen (secondary N) is 2. The Hall–Kier alpha value is -4.69. The van der Waals surface area contributed by atoms with Crippen molar-refractivity contribution in [2.45, 2.75) is 38.1 Å². The monoisotopic (exact) mass is 609 g/mol. The smallest absolute Gasteiger partial charge is 0.251 e. The Morgan fingerprint density at radius 2 is 1.63 bits per heavy atom. The first kappa shape index (κ1) is 31.3. The molecule has 0 spiro atoms. The molecule has 4 rings (SSSR count). The molecule has 3 aromatic carbocycles. The third kappa shape index (κ3) is 8.42. The maximum atomic E-state index is 13.6. The summed E-state index contributed by atoms with van der Waals surface area (Å²) in [4.78, 5) is 26.9. The number of carbonyl (C=O) groups is 2. The molecule has 0 bridgehead atoms. The number of aromatic nitrogens is 4. The van der Waals surface area contributed by atoms with Crippen LogP contribution in [0.1, 0.15) is 44.8 Å². The minimum absolute atomic E-state index is 0.000249.